The summed E-state index contributed by atoms with van der Waals surface area (Å²) in [6.07, 6.45) is 4.55. The summed E-state index contributed by atoms with van der Waals surface area (Å²) in [5.74, 6) is 0.0616. The SMILES string of the molecule is C[C@H]1Cc2ccccc2N1CC(=O)Nc1ccc2c(c1)CCC2. The largest absolute Gasteiger partial charge is 0.359 e. The molecule has 3 nitrogen and oxygen atoms in total. The van der Waals surface area contributed by atoms with Crippen molar-refractivity contribution in [3.8, 4) is 0 Å². The minimum absolute atomic E-state index is 0.0616. The molecule has 1 heterocycles. The zero-order valence-electron chi connectivity index (χ0n) is 13.5. The number of hydrogen-bond donors (Lipinski definition) is 1. The molecule has 2 aromatic rings. The monoisotopic (exact) mass is 306 g/mol. The van der Waals surface area contributed by atoms with Gasteiger partial charge in [-0.15, -0.1) is 0 Å². The third-order valence-corrected chi connectivity index (χ3v) is 5.04. The quantitative estimate of drug-likeness (QED) is 0.940. The van der Waals surface area contributed by atoms with E-state index in [9.17, 15) is 4.79 Å². The third-order valence-electron chi connectivity index (χ3n) is 5.04. The van der Waals surface area contributed by atoms with Gasteiger partial charge in [-0.05, 0) is 67.5 Å². The molecular weight excluding hydrogens is 284 g/mol. The van der Waals surface area contributed by atoms with Crippen molar-refractivity contribution in [2.24, 2.45) is 0 Å². The lowest BCUT2D eigenvalue weighted by Crippen LogP contribution is -2.37. The minimum atomic E-state index is 0.0616. The van der Waals surface area contributed by atoms with Gasteiger partial charge in [0, 0.05) is 17.4 Å². The Kier molecular flexibility index (Phi) is 3.56. The van der Waals surface area contributed by atoms with Crippen molar-refractivity contribution >= 4 is 17.3 Å². The molecule has 4 rings (SSSR count). The van der Waals surface area contributed by atoms with Gasteiger partial charge < -0.3 is 10.2 Å². The number of carbonyl (C=O) groups excluding carboxylic acids is 1. The molecule has 0 aromatic heterocycles. The number of aryl methyl sites for hydroxylation is 2. The van der Waals surface area contributed by atoms with Gasteiger partial charge in [0.2, 0.25) is 5.91 Å². The summed E-state index contributed by atoms with van der Waals surface area (Å²) in [6.45, 7) is 2.60. The van der Waals surface area contributed by atoms with E-state index < -0.39 is 0 Å². The van der Waals surface area contributed by atoms with Crippen LogP contribution in [0.15, 0.2) is 42.5 Å². The van der Waals surface area contributed by atoms with Crippen LogP contribution in [-0.2, 0) is 24.1 Å². The van der Waals surface area contributed by atoms with E-state index in [4.69, 9.17) is 0 Å². The fraction of sp³-hybridized carbons (Fsp3) is 0.350. The van der Waals surface area contributed by atoms with Crippen molar-refractivity contribution in [1.82, 2.24) is 0 Å². The number of hydrogen-bond acceptors (Lipinski definition) is 2. The lowest BCUT2D eigenvalue weighted by molar-refractivity contribution is -0.115. The number of anilines is 2. The number of benzene rings is 2. The molecule has 0 fully saturated rings. The zero-order valence-corrected chi connectivity index (χ0v) is 13.5. The molecule has 2 aromatic carbocycles. The van der Waals surface area contributed by atoms with Crippen LogP contribution in [0.4, 0.5) is 11.4 Å². The first-order valence-corrected chi connectivity index (χ1v) is 8.47. The van der Waals surface area contributed by atoms with Crippen molar-refractivity contribution in [3.63, 3.8) is 0 Å². The molecule has 1 aliphatic heterocycles. The Bertz CT molecular complexity index is 753. The summed E-state index contributed by atoms with van der Waals surface area (Å²) >= 11 is 0. The zero-order chi connectivity index (χ0) is 15.8. The first-order valence-electron chi connectivity index (χ1n) is 8.47. The first kappa shape index (κ1) is 14.3. The maximum absolute atomic E-state index is 12.5. The maximum atomic E-state index is 12.5. The van der Waals surface area contributed by atoms with Crippen LogP contribution in [0.5, 0.6) is 0 Å². The van der Waals surface area contributed by atoms with Gasteiger partial charge in [-0.2, -0.15) is 0 Å². The van der Waals surface area contributed by atoms with Gasteiger partial charge in [0.15, 0.2) is 0 Å². The van der Waals surface area contributed by atoms with Crippen LogP contribution in [0.2, 0.25) is 0 Å². The lowest BCUT2D eigenvalue weighted by Gasteiger charge is -2.24. The predicted octanol–water partition coefficient (Wildman–Crippen LogP) is 3.57. The summed E-state index contributed by atoms with van der Waals surface area (Å²) in [4.78, 5) is 14.7. The second kappa shape index (κ2) is 5.73. The Hall–Kier alpha value is -2.29. The number of carbonyl (C=O) groups is 1. The van der Waals surface area contributed by atoms with Crippen molar-refractivity contribution in [2.45, 2.75) is 38.6 Å². The highest BCUT2D eigenvalue weighted by Gasteiger charge is 2.27. The molecule has 3 heteroatoms. The molecule has 0 unspecified atom stereocenters. The van der Waals surface area contributed by atoms with E-state index in [1.54, 1.807) is 0 Å². The summed E-state index contributed by atoms with van der Waals surface area (Å²) in [5.41, 5.74) is 6.29. The second-order valence-electron chi connectivity index (χ2n) is 6.69. The smallest absolute Gasteiger partial charge is 0.243 e. The third kappa shape index (κ3) is 2.72. The highest BCUT2D eigenvalue weighted by atomic mass is 16.2. The van der Waals surface area contributed by atoms with Gasteiger partial charge in [-0.1, -0.05) is 24.3 Å². The Morgan fingerprint density at radius 2 is 1.96 bits per heavy atom. The topological polar surface area (TPSA) is 32.3 Å². The van der Waals surface area contributed by atoms with Crippen molar-refractivity contribution in [3.05, 3.63) is 59.2 Å². The van der Waals surface area contributed by atoms with Crippen LogP contribution in [0.3, 0.4) is 0 Å². The molecule has 118 valence electrons. The molecule has 1 N–H and O–H groups in total. The van der Waals surface area contributed by atoms with Crippen LogP contribution < -0.4 is 10.2 Å². The van der Waals surface area contributed by atoms with Crippen LogP contribution >= 0.6 is 0 Å². The Balaban J connectivity index is 1.46. The highest BCUT2D eigenvalue weighted by molar-refractivity contribution is 5.94. The van der Waals surface area contributed by atoms with Crippen molar-refractivity contribution in [1.29, 1.82) is 0 Å². The Morgan fingerprint density at radius 1 is 1.13 bits per heavy atom. The van der Waals surface area contributed by atoms with Crippen LogP contribution in [0.25, 0.3) is 0 Å². The van der Waals surface area contributed by atoms with E-state index in [-0.39, 0.29) is 5.91 Å². The number of nitrogens with zero attached hydrogens (tertiary/aromatic N) is 1. The molecule has 2 aliphatic rings. The summed E-state index contributed by atoms with van der Waals surface area (Å²) in [5, 5.41) is 3.07. The van der Waals surface area contributed by atoms with E-state index in [0.717, 1.165) is 18.5 Å². The van der Waals surface area contributed by atoms with Crippen LogP contribution in [-0.4, -0.2) is 18.5 Å². The van der Waals surface area contributed by atoms with Gasteiger partial charge in [-0.25, -0.2) is 0 Å². The highest BCUT2D eigenvalue weighted by Crippen LogP contribution is 2.31. The van der Waals surface area contributed by atoms with Crippen LogP contribution in [0.1, 0.15) is 30.0 Å². The second-order valence-corrected chi connectivity index (χ2v) is 6.69. The number of rotatable bonds is 3. The number of fused-ring (bicyclic) bond motifs is 2. The molecule has 1 atom stereocenters. The fourth-order valence-corrected chi connectivity index (χ4v) is 3.88. The predicted molar refractivity (Wildman–Crippen MR) is 94.1 cm³/mol. The fourth-order valence-electron chi connectivity index (χ4n) is 3.88. The van der Waals surface area contributed by atoms with E-state index >= 15 is 0 Å². The standard InChI is InChI=1S/C20H22N2O/c1-14-11-17-5-2-3-8-19(17)22(14)13-20(23)21-18-10-9-15-6-4-7-16(15)12-18/h2-3,5,8-10,12,14H,4,6-7,11,13H2,1H3,(H,21,23)/t14-/m0/s1. The minimum Gasteiger partial charge on any atom is -0.359 e. The van der Waals surface area contributed by atoms with Gasteiger partial charge in [0.05, 0.1) is 6.54 Å². The van der Waals surface area contributed by atoms with E-state index in [2.05, 4.69) is 47.5 Å². The molecule has 0 radical (unpaired) electrons. The van der Waals surface area contributed by atoms with Crippen LogP contribution in [0, 0.1) is 0 Å². The maximum Gasteiger partial charge on any atom is 0.243 e. The lowest BCUT2D eigenvalue weighted by atomic mass is 10.1. The molecule has 23 heavy (non-hydrogen) atoms. The number of nitrogens with one attached hydrogen (secondary N) is 1. The first-order chi connectivity index (χ1) is 11.2. The molecule has 0 saturated heterocycles. The van der Waals surface area contributed by atoms with Crippen molar-refractivity contribution in [2.75, 3.05) is 16.8 Å². The van der Waals surface area contributed by atoms with Crippen molar-refractivity contribution < 1.29 is 4.79 Å². The van der Waals surface area contributed by atoms with Gasteiger partial charge in [-0.3, -0.25) is 4.79 Å². The van der Waals surface area contributed by atoms with Gasteiger partial charge in [0.1, 0.15) is 0 Å². The average Bonchev–Trinajstić information content (AvgIpc) is 3.12. The van der Waals surface area contributed by atoms with Gasteiger partial charge >= 0.3 is 0 Å². The normalized spacial score (nSPS) is 18.7. The molecule has 1 amide bonds. The molecule has 0 bridgehead atoms. The molecule has 0 spiro atoms. The Labute approximate surface area is 137 Å². The van der Waals surface area contributed by atoms with E-state index in [1.165, 1.54) is 35.2 Å². The number of amides is 1. The molecular formula is C20H22N2O. The summed E-state index contributed by atoms with van der Waals surface area (Å²) in [7, 11) is 0. The van der Waals surface area contributed by atoms with E-state index in [1.807, 2.05) is 12.1 Å². The molecule has 1 aliphatic carbocycles. The summed E-state index contributed by atoms with van der Waals surface area (Å²) in [6, 6.07) is 15.1. The molecule has 0 saturated carbocycles. The Morgan fingerprint density at radius 3 is 2.87 bits per heavy atom. The van der Waals surface area contributed by atoms with E-state index in [0.29, 0.717) is 12.6 Å². The average molecular weight is 306 g/mol. The summed E-state index contributed by atoms with van der Waals surface area (Å²) < 4.78 is 0. The van der Waals surface area contributed by atoms with Gasteiger partial charge in [0.25, 0.3) is 0 Å². The number of para-hydroxylation sites is 1.